The molecule has 2 aromatic heterocycles. The predicted octanol–water partition coefficient (Wildman–Crippen LogP) is 3.66. The van der Waals surface area contributed by atoms with Gasteiger partial charge in [-0.2, -0.15) is 0 Å². The number of carboxylic acid groups (broad SMARTS) is 1. The van der Waals surface area contributed by atoms with Gasteiger partial charge >= 0.3 is 5.97 Å². The average Bonchev–Trinajstić information content (AvgIpc) is 3.37. The van der Waals surface area contributed by atoms with Gasteiger partial charge in [0.1, 0.15) is 17.6 Å². The molecular weight excluding hydrogens is 402 g/mol. The smallest absolute Gasteiger partial charge is 0.335 e. The highest BCUT2D eigenvalue weighted by Crippen LogP contribution is 2.40. The van der Waals surface area contributed by atoms with E-state index in [0.29, 0.717) is 24.0 Å². The molecule has 3 aromatic rings. The zero-order chi connectivity index (χ0) is 21.1. The number of ether oxygens (including phenoxy) is 1. The summed E-state index contributed by atoms with van der Waals surface area (Å²) in [5, 5.41) is 13.1. The summed E-state index contributed by atoms with van der Waals surface area (Å²) in [6, 6.07) is 15.8. The number of hydrogen-bond acceptors (Lipinski definition) is 5. The zero-order valence-corrected chi connectivity index (χ0v) is 17.1. The lowest BCUT2D eigenvalue weighted by Gasteiger charge is -2.25. The van der Waals surface area contributed by atoms with Gasteiger partial charge in [-0.1, -0.05) is 18.2 Å². The van der Waals surface area contributed by atoms with Crippen LogP contribution in [0.25, 0.3) is 11.3 Å². The van der Waals surface area contributed by atoms with Crippen LogP contribution in [-0.4, -0.2) is 46.3 Å². The Bertz CT molecular complexity index is 1040. The summed E-state index contributed by atoms with van der Waals surface area (Å²) in [6.07, 6.45) is 1.76. The number of nitrogens with one attached hydrogen (secondary N) is 1. The van der Waals surface area contributed by atoms with Crippen LogP contribution in [0.2, 0.25) is 0 Å². The highest BCUT2D eigenvalue weighted by atomic mass is 32.1. The molecular formula is C22H21N3O4S. The van der Waals surface area contributed by atoms with E-state index >= 15 is 0 Å². The van der Waals surface area contributed by atoms with Crippen LogP contribution in [-0.2, 0) is 4.74 Å². The largest absolute Gasteiger partial charge is 0.478 e. The van der Waals surface area contributed by atoms with Gasteiger partial charge in [-0.25, -0.2) is 4.79 Å². The molecule has 0 amide bonds. The number of carbonyl (C=O) groups is 1. The number of furan rings is 1. The summed E-state index contributed by atoms with van der Waals surface area (Å²) in [4.78, 5) is 17.6. The highest BCUT2D eigenvalue weighted by Gasteiger charge is 2.41. The second kappa shape index (κ2) is 8.64. The van der Waals surface area contributed by atoms with Crippen LogP contribution in [0.5, 0.6) is 0 Å². The minimum Gasteiger partial charge on any atom is -0.478 e. The summed E-state index contributed by atoms with van der Waals surface area (Å²) in [7, 11) is 1.66. The molecule has 1 saturated heterocycles. The summed E-state index contributed by atoms with van der Waals surface area (Å²) < 4.78 is 11.5. The fourth-order valence-electron chi connectivity index (χ4n) is 3.59. The number of aromatic nitrogens is 1. The third-order valence-corrected chi connectivity index (χ3v) is 5.42. The van der Waals surface area contributed by atoms with E-state index in [4.69, 9.17) is 26.5 Å². The summed E-state index contributed by atoms with van der Waals surface area (Å²) >= 11 is 5.58. The molecule has 0 unspecified atom stereocenters. The van der Waals surface area contributed by atoms with E-state index in [0.717, 1.165) is 17.0 Å². The monoisotopic (exact) mass is 423 g/mol. The van der Waals surface area contributed by atoms with Gasteiger partial charge in [-0.05, 0) is 48.6 Å². The molecule has 1 aliphatic heterocycles. The average molecular weight is 423 g/mol. The Hall–Kier alpha value is -3.23. The SMILES string of the molecule is COCCN1C(=S)N[C@H](c2ccccn2)[C@H]1c1ccc(-c2ccc(C(=O)O)cc2)o1. The lowest BCUT2D eigenvalue weighted by molar-refractivity contribution is 0.0697. The van der Waals surface area contributed by atoms with Crippen molar-refractivity contribution in [2.24, 2.45) is 0 Å². The number of pyridine rings is 1. The van der Waals surface area contributed by atoms with Crippen molar-refractivity contribution >= 4 is 23.3 Å². The molecule has 0 spiro atoms. The van der Waals surface area contributed by atoms with Crippen LogP contribution < -0.4 is 5.32 Å². The van der Waals surface area contributed by atoms with Crippen molar-refractivity contribution < 1.29 is 19.1 Å². The molecule has 1 fully saturated rings. The maximum Gasteiger partial charge on any atom is 0.335 e. The molecule has 0 bridgehead atoms. The van der Waals surface area contributed by atoms with Crippen molar-refractivity contribution in [3.8, 4) is 11.3 Å². The molecule has 0 saturated carbocycles. The van der Waals surface area contributed by atoms with E-state index in [1.54, 1.807) is 37.6 Å². The molecule has 2 atom stereocenters. The Morgan fingerprint density at radius 1 is 1.23 bits per heavy atom. The lowest BCUT2D eigenvalue weighted by Crippen LogP contribution is -2.32. The Balaban J connectivity index is 1.67. The molecule has 2 N–H and O–H groups in total. The number of methoxy groups -OCH3 is 1. The van der Waals surface area contributed by atoms with Crippen molar-refractivity contribution in [3.05, 3.63) is 77.8 Å². The topological polar surface area (TPSA) is 87.8 Å². The molecule has 154 valence electrons. The molecule has 8 heteroatoms. The number of rotatable bonds is 7. The van der Waals surface area contributed by atoms with Crippen LogP contribution in [0.15, 0.2) is 65.2 Å². The van der Waals surface area contributed by atoms with Crippen molar-refractivity contribution in [1.29, 1.82) is 0 Å². The number of thiocarbonyl (C=S) groups is 1. The minimum atomic E-state index is -0.959. The van der Waals surface area contributed by atoms with Crippen molar-refractivity contribution in [2.75, 3.05) is 20.3 Å². The molecule has 0 aliphatic carbocycles. The van der Waals surface area contributed by atoms with Gasteiger partial charge in [0.25, 0.3) is 0 Å². The highest BCUT2D eigenvalue weighted by molar-refractivity contribution is 7.80. The molecule has 0 radical (unpaired) electrons. The number of benzene rings is 1. The van der Waals surface area contributed by atoms with E-state index in [9.17, 15) is 4.79 Å². The lowest BCUT2D eigenvalue weighted by atomic mass is 10.0. The fourth-order valence-corrected chi connectivity index (χ4v) is 3.92. The number of nitrogens with zero attached hydrogens (tertiary/aromatic N) is 2. The van der Waals surface area contributed by atoms with Crippen LogP contribution in [0, 0.1) is 0 Å². The molecule has 4 rings (SSSR count). The minimum absolute atomic E-state index is 0.163. The second-order valence-corrected chi connectivity index (χ2v) is 7.28. The van der Waals surface area contributed by atoms with Crippen LogP contribution >= 0.6 is 12.2 Å². The Morgan fingerprint density at radius 2 is 2.03 bits per heavy atom. The van der Waals surface area contributed by atoms with Crippen LogP contribution in [0.4, 0.5) is 0 Å². The summed E-state index contributed by atoms with van der Waals surface area (Å²) in [5.74, 6) is 0.442. The molecule has 1 aliphatic rings. The quantitative estimate of drug-likeness (QED) is 0.557. The van der Waals surface area contributed by atoms with Gasteiger partial charge in [0.05, 0.1) is 23.9 Å². The first-order chi connectivity index (χ1) is 14.6. The second-order valence-electron chi connectivity index (χ2n) is 6.90. The summed E-state index contributed by atoms with van der Waals surface area (Å²) in [6.45, 7) is 1.14. The zero-order valence-electron chi connectivity index (χ0n) is 16.3. The molecule has 1 aromatic carbocycles. The van der Waals surface area contributed by atoms with Gasteiger partial charge in [0, 0.05) is 25.4 Å². The first-order valence-corrected chi connectivity index (χ1v) is 9.90. The fraction of sp³-hybridized carbons (Fsp3) is 0.227. The number of carboxylic acids is 1. The number of aromatic carboxylic acids is 1. The Morgan fingerprint density at radius 3 is 2.70 bits per heavy atom. The van der Waals surface area contributed by atoms with Gasteiger partial charge in [-0.3, -0.25) is 4.98 Å². The first-order valence-electron chi connectivity index (χ1n) is 9.49. The maximum atomic E-state index is 11.1. The first kappa shape index (κ1) is 20.1. The van der Waals surface area contributed by atoms with Crippen LogP contribution in [0.3, 0.4) is 0 Å². The van der Waals surface area contributed by atoms with Gasteiger partial charge in [0.15, 0.2) is 5.11 Å². The third-order valence-electron chi connectivity index (χ3n) is 5.07. The van der Waals surface area contributed by atoms with Crippen LogP contribution in [0.1, 0.15) is 33.9 Å². The molecule has 7 nitrogen and oxygen atoms in total. The third kappa shape index (κ3) is 3.92. The standard InChI is InChI=1S/C22H21N3O4S/c1-28-13-12-25-20(19(24-22(25)30)16-4-2-3-11-23-16)18-10-9-17(29-18)14-5-7-15(8-6-14)21(26)27/h2-11,19-20H,12-13H2,1H3,(H,24,30)(H,26,27)/t19-,20-/m1/s1. The predicted molar refractivity (Wildman–Crippen MR) is 115 cm³/mol. The van der Waals surface area contributed by atoms with E-state index < -0.39 is 5.97 Å². The summed E-state index contributed by atoms with van der Waals surface area (Å²) in [5.41, 5.74) is 1.91. The van der Waals surface area contributed by atoms with E-state index in [1.165, 1.54) is 0 Å². The van der Waals surface area contributed by atoms with E-state index in [1.807, 2.05) is 35.2 Å². The molecule has 3 heterocycles. The molecule has 30 heavy (non-hydrogen) atoms. The Labute approximate surface area is 179 Å². The van der Waals surface area contributed by atoms with Crippen molar-refractivity contribution in [3.63, 3.8) is 0 Å². The van der Waals surface area contributed by atoms with Gasteiger partial charge in [-0.15, -0.1) is 0 Å². The number of hydrogen-bond donors (Lipinski definition) is 2. The Kier molecular flexibility index (Phi) is 5.78. The van der Waals surface area contributed by atoms with Gasteiger partial charge < -0.3 is 24.5 Å². The van der Waals surface area contributed by atoms with Crippen molar-refractivity contribution in [2.45, 2.75) is 12.1 Å². The maximum absolute atomic E-state index is 11.1. The van der Waals surface area contributed by atoms with E-state index in [-0.39, 0.29) is 17.6 Å². The normalized spacial score (nSPS) is 18.4. The van der Waals surface area contributed by atoms with E-state index in [2.05, 4.69) is 10.3 Å². The van der Waals surface area contributed by atoms with Gasteiger partial charge in [0.2, 0.25) is 0 Å². The van der Waals surface area contributed by atoms with Crippen molar-refractivity contribution in [1.82, 2.24) is 15.2 Å².